The Morgan fingerprint density at radius 3 is 2.50 bits per heavy atom. The van der Waals surface area contributed by atoms with Crippen molar-refractivity contribution < 1.29 is 4.39 Å². The van der Waals surface area contributed by atoms with Gasteiger partial charge in [-0.25, -0.2) is 4.39 Å². The Balaban J connectivity index is 1.63. The lowest BCUT2D eigenvalue weighted by atomic mass is 9.75. The molecule has 0 unspecified atom stereocenters. The van der Waals surface area contributed by atoms with Gasteiger partial charge in [-0.05, 0) is 48.4 Å². The van der Waals surface area contributed by atoms with E-state index in [1.54, 1.807) is 12.1 Å². The molecule has 0 aromatic heterocycles. The zero-order chi connectivity index (χ0) is 13.9. The summed E-state index contributed by atoms with van der Waals surface area (Å²) in [5.74, 6) is 0.299. The summed E-state index contributed by atoms with van der Waals surface area (Å²) in [6.07, 6.45) is 3.06. The van der Waals surface area contributed by atoms with Crippen LogP contribution >= 0.6 is 0 Å². The molecule has 1 aliphatic carbocycles. The van der Waals surface area contributed by atoms with Crippen LogP contribution in [0.15, 0.2) is 48.5 Å². The Hall–Kier alpha value is -1.83. The number of aryl methyl sites for hydroxylation is 1. The molecule has 1 N–H and O–H groups in total. The number of rotatable bonds is 4. The summed E-state index contributed by atoms with van der Waals surface area (Å²) in [6.45, 7) is 2.17. The standard InChI is InChI=1S/C18H20FN/c1-2-13-7-3-6-10-18(13)20-15-11-14(12-15)16-8-4-5-9-17(16)19/h3-10,14-15,20H,2,11-12H2,1H3. The molecule has 20 heavy (non-hydrogen) atoms. The lowest BCUT2D eigenvalue weighted by Crippen LogP contribution is -2.34. The first-order chi connectivity index (χ1) is 9.78. The fourth-order valence-corrected chi connectivity index (χ4v) is 2.99. The summed E-state index contributed by atoms with van der Waals surface area (Å²) in [4.78, 5) is 0. The molecule has 0 atom stereocenters. The molecule has 0 amide bonds. The van der Waals surface area contributed by atoms with Gasteiger partial charge in [-0.2, -0.15) is 0 Å². The highest BCUT2D eigenvalue weighted by Gasteiger charge is 2.31. The van der Waals surface area contributed by atoms with E-state index in [1.165, 1.54) is 11.3 Å². The van der Waals surface area contributed by atoms with Gasteiger partial charge in [0.05, 0.1) is 0 Å². The summed E-state index contributed by atoms with van der Waals surface area (Å²) in [5.41, 5.74) is 3.45. The minimum atomic E-state index is -0.0649. The number of para-hydroxylation sites is 1. The molecule has 2 heteroatoms. The summed E-state index contributed by atoms with van der Waals surface area (Å²) in [6, 6.07) is 16.0. The predicted molar refractivity (Wildman–Crippen MR) is 81.6 cm³/mol. The molecule has 1 saturated carbocycles. The molecule has 0 radical (unpaired) electrons. The average molecular weight is 269 g/mol. The van der Waals surface area contributed by atoms with Crippen molar-refractivity contribution in [1.82, 2.24) is 0 Å². The molecule has 0 bridgehead atoms. The van der Waals surface area contributed by atoms with Gasteiger partial charge in [0.1, 0.15) is 5.82 Å². The van der Waals surface area contributed by atoms with Crippen molar-refractivity contribution >= 4 is 5.69 Å². The molecule has 3 rings (SSSR count). The maximum absolute atomic E-state index is 13.7. The third-order valence-corrected chi connectivity index (χ3v) is 4.24. The molecule has 2 aromatic rings. The average Bonchev–Trinajstić information content (AvgIpc) is 2.44. The van der Waals surface area contributed by atoms with Gasteiger partial charge in [-0.3, -0.25) is 0 Å². The first-order valence-electron chi connectivity index (χ1n) is 7.36. The minimum Gasteiger partial charge on any atom is -0.382 e. The molecule has 1 nitrogen and oxygen atoms in total. The number of benzene rings is 2. The quantitative estimate of drug-likeness (QED) is 0.845. The third kappa shape index (κ3) is 2.55. The number of anilines is 1. The van der Waals surface area contributed by atoms with E-state index >= 15 is 0 Å². The van der Waals surface area contributed by atoms with Crippen molar-refractivity contribution in [3.8, 4) is 0 Å². The number of halogens is 1. The highest BCUT2D eigenvalue weighted by atomic mass is 19.1. The molecule has 0 aliphatic heterocycles. The lowest BCUT2D eigenvalue weighted by molar-refractivity contribution is 0.363. The predicted octanol–water partition coefficient (Wildman–Crippen LogP) is 4.75. The molecular formula is C18H20FN. The smallest absolute Gasteiger partial charge is 0.126 e. The Morgan fingerprint density at radius 2 is 1.75 bits per heavy atom. The Morgan fingerprint density at radius 1 is 1.05 bits per heavy atom. The van der Waals surface area contributed by atoms with Crippen LogP contribution in [0.3, 0.4) is 0 Å². The highest BCUT2D eigenvalue weighted by Crippen LogP contribution is 2.39. The molecule has 1 fully saturated rings. The second-order valence-electron chi connectivity index (χ2n) is 5.54. The Labute approximate surface area is 119 Å². The van der Waals surface area contributed by atoms with E-state index in [0.29, 0.717) is 12.0 Å². The van der Waals surface area contributed by atoms with Crippen molar-refractivity contribution in [2.45, 2.75) is 38.1 Å². The first kappa shape index (κ1) is 13.2. The minimum absolute atomic E-state index is 0.0649. The number of hydrogen-bond acceptors (Lipinski definition) is 1. The first-order valence-corrected chi connectivity index (χ1v) is 7.36. The van der Waals surface area contributed by atoms with Crippen molar-refractivity contribution in [2.75, 3.05) is 5.32 Å². The van der Waals surface area contributed by atoms with E-state index in [0.717, 1.165) is 24.8 Å². The second-order valence-corrected chi connectivity index (χ2v) is 5.54. The molecule has 0 saturated heterocycles. The van der Waals surface area contributed by atoms with Crippen LogP contribution in [0, 0.1) is 5.82 Å². The van der Waals surface area contributed by atoms with Gasteiger partial charge < -0.3 is 5.32 Å². The van der Waals surface area contributed by atoms with E-state index < -0.39 is 0 Å². The van der Waals surface area contributed by atoms with Crippen molar-refractivity contribution in [3.05, 3.63) is 65.5 Å². The van der Waals surface area contributed by atoms with Gasteiger partial charge in [0.2, 0.25) is 0 Å². The maximum Gasteiger partial charge on any atom is 0.126 e. The largest absolute Gasteiger partial charge is 0.382 e. The molecule has 0 spiro atoms. The van der Waals surface area contributed by atoms with Gasteiger partial charge in [0.15, 0.2) is 0 Å². The molecule has 104 valence electrons. The van der Waals surface area contributed by atoms with Crippen LogP contribution in [0.5, 0.6) is 0 Å². The Kier molecular flexibility index (Phi) is 3.72. The van der Waals surface area contributed by atoms with Crippen LogP contribution in [0.1, 0.15) is 36.8 Å². The van der Waals surface area contributed by atoms with Crippen molar-refractivity contribution in [3.63, 3.8) is 0 Å². The van der Waals surface area contributed by atoms with Gasteiger partial charge in [0.25, 0.3) is 0 Å². The fraction of sp³-hybridized carbons (Fsp3) is 0.333. The number of nitrogens with one attached hydrogen (secondary N) is 1. The summed E-state index contributed by atoms with van der Waals surface area (Å²) < 4.78 is 13.7. The Bertz CT molecular complexity index is 587. The van der Waals surface area contributed by atoms with Crippen LogP contribution in [0.4, 0.5) is 10.1 Å². The summed E-state index contributed by atoms with van der Waals surface area (Å²) in [7, 11) is 0. The van der Waals surface area contributed by atoms with Gasteiger partial charge >= 0.3 is 0 Å². The zero-order valence-corrected chi connectivity index (χ0v) is 11.8. The summed E-state index contributed by atoms with van der Waals surface area (Å²) >= 11 is 0. The van der Waals surface area contributed by atoms with Crippen LogP contribution in [0.2, 0.25) is 0 Å². The number of hydrogen-bond donors (Lipinski definition) is 1. The van der Waals surface area contributed by atoms with E-state index in [9.17, 15) is 4.39 Å². The molecule has 0 heterocycles. The topological polar surface area (TPSA) is 12.0 Å². The van der Waals surface area contributed by atoms with Crippen LogP contribution in [-0.2, 0) is 6.42 Å². The molecule has 2 aromatic carbocycles. The van der Waals surface area contributed by atoms with Gasteiger partial charge in [0, 0.05) is 11.7 Å². The lowest BCUT2D eigenvalue weighted by Gasteiger charge is -2.37. The van der Waals surface area contributed by atoms with Crippen molar-refractivity contribution in [1.29, 1.82) is 0 Å². The summed E-state index contributed by atoms with van der Waals surface area (Å²) in [5, 5.41) is 3.59. The zero-order valence-electron chi connectivity index (χ0n) is 11.8. The van der Waals surface area contributed by atoms with E-state index in [4.69, 9.17) is 0 Å². The molecule has 1 aliphatic rings. The maximum atomic E-state index is 13.7. The van der Waals surface area contributed by atoms with Crippen LogP contribution in [-0.4, -0.2) is 6.04 Å². The normalized spacial score (nSPS) is 21.3. The molecular weight excluding hydrogens is 249 g/mol. The van der Waals surface area contributed by atoms with E-state index in [1.807, 2.05) is 12.1 Å². The van der Waals surface area contributed by atoms with E-state index in [-0.39, 0.29) is 5.82 Å². The monoisotopic (exact) mass is 269 g/mol. The highest BCUT2D eigenvalue weighted by molar-refractivity contribution is 5.52. The van der Waals surface area contributed by atoms with E-state index in [2.05, 4.69) is 36.5 Å². The fourth-order valence-electron chi connectivity index (χ4n) is 2.99. The third-order valence-electron chi connectivity index (χ3n) is 4.24. The van der Waals surface area contributed by atoms with Gasteiger partial charge in [-0.1, -0.05) is 43.3 Å². The van der Waals surface area contributed by atoms with Gasteiger partial charge in [-0.15, -0.1) is 0 Å². The van der Waals surface area contributed by atoms with Crippen LogP contribution < -0.4 is 5.32 Å². The SMILES string of the molecule is CCc1ccccc1NC1CC(c2ccccc2F)C1. The van der Waals surface area contributed by atoms with Crippen LogP contribution in [0.25, 0.3) is 0 Å². The van der Waals surface area contributed by atoms with Crippen molar-refractivity contribution in [2.24, 2.45) is 0 Å². The second kappa shape index (κ2) is 5.66.